The number of benzene rings is 2. The van der Waals surface area contributed by atoms with E-state index in [9.17, 15) is 9.18 Å². The first-order valence-corrected chi connectivity index (χ1v) is 10.9. The summed E-state index contributed by atoms with van der Waals surface area (Å²) in [5, 5.41) is 12.1. The fraction of sp³-hybridized carbons (Fsp3) is 0.318. The van der Waals surface area contributed by atoms with E-state index < -0.39 is 0 Å². The van der Waals surface area contributed by atoms with Gasteiger partial charge < -0.3 is 14.6 Å². The van der Waals surface area contributed by atoms with Gasteiger partial charge in [0.15, 0.2) is 17.1 Å². The summed E-state index contributed by atoms with van der Waals surface area (Å²) in [6, 6.07) is 13.6. The van der Waals surface area contributed by atoms with Crippen LogP contribution in [0.2, 0.25) is 0 Å². The molecule has 0 aliphatic rings. The summed E-state index contributed by atoms with van der Waals surface area (Å²) in [6.07, 6.45) is 0.478. The third kappa shape index (κ3) is 5.38. The average molecular weight is 429 g/mol. The van der Waals surface area contributed by atoms with Gasteiger partial charge in [-0.05, 0) is 56.2 Å². The SMILES string of the molecule is CCc1ccccc1NC(=O)CSc1nnc(C(C)Oc2ccc(F)cc2)n1CC. The van der Waals surface area contributed by atoms with Gasteiger partial charge in [-0.25, -0.2) is 4.39 Å². The predicted octanol–water partition coefficient (Wildman–Crippen LogP) is 4.87. The molecule has 0 spiro atoms. The topological polar surface area (TPSA) is 69.0 Å². The molecule has 1 heterocycles. The van der Waals surface area contributed by atoms with Gasteiger partial charge in [0.25, 0.3) is 0 Å². The molecule has 0 radical (unpaired) electrons. The Morgan fingerprint density at radius 2 is 1.90 bits per heavy atom. The van der Waals surface area contributed by atoms with Crippen molar-refractivity contribution in [3.05, 3.63) is 65.7 Å². The van der Waals surface area contributed by atoms with Gasteiger partial charge in [0, 0.05) is 12.2 Å². The molecule has 1 amide bonds. The first kappa shape index (κ1) is 21.8. The Balaban J connectivity index is 1.63. The van der Waals surface area contributed by atoms with Crippen LogP contribution in [0, 0.1) is 5.82 Å². The molecule has 3 rings (SSSR count). The van der Waals surface area contributed by atoms with Crippen LogP contribution in [0.4, 0.5) is 10.1 Å². The van der Waals surface area contributed by atoms with Crippen molar-refractivity contribution in [3.8, 4) is 5.75 Å². The monoisotopic (exact) mass is 428 g/mol. The molecule has 0 aliphatic carbocycles. The molecule has 158 valence electrons. The van der Waals surface area contributed by atoms with E-state index >= 15 is 0 Å². The zero-order valence-electron chi connectivity index (χ0n) is 17.3. The highest BCUT2D eigenvalue weighted by Crippen LogP contribution is 2.25. The van der Waals surface area contributed by atoms with E-state index in [1.807, 2.05) is 42.7 Å². The minimum atomic E-state index is -0.373. The highest BCUT2D eigenvalue weighted by Gasteiger charge is 2.19. The van der Waals surface area contributed by atoms with Crippen molar-refractivity contribution in [3.63, 3.8) is 0 Å². The Morgan fingerprint density at radius 1 is 1.17 bits per heavy atom. The molecule has 0 saturated carbocycles. The molecule has 8 heteroatoms. The number of amides is 1. The van der Waals surface area contributed by atoms with Crippen LogP contribution in [-0.2, 0) is 17.8 Å². The van der Waals surface area contributed by atoms with Gasteiger partial charge in [-0.1, -0.05) is 36.9 Å². The molecule has 3 aromatic rings. The fourth-order valence-electron chi connectivity index (χ4n) is 3.04. The Labute approximate surface area is 179 Å². The lowest BCUT2D eigenvalue weighted by Crippen LogP contribution is -2.16. The zero-order valence-corrected chi connectivity index (χ0v) is 18.1. The highest BCUT2D eigenvalue weighted by molar-refractivity contribution is 7.99. The van der Waals surface area contributed by atoms with E-state index in [0.717, 1.165) is 17.7 Å². The summed E-state index contributed by atoms with van der Waals surface area (Å²) in [4.78, 5) is 12.4. The number of thioether (sulfide) groups is 1. The Kier molecular flexibility index (Phi) is 7.46. The Bertz CT molecular complexity index is 991. The second-order valence-corrected chi connectivity index (χ2v) is 7.59. The fourth-order valence-corrected chi connectivity index (χ4v) is 3.85. The van der Waals surface area contributed by atoms with Crippen molar-refractivity contribution in [1.82, 2.24) is 14.8 Å². The van der Waals surface area contributed by atoms with E-state index in [0.29, 0.717) is 23.3 Å². The van der Waals surface area contributed by atoms with Crippen LogP contribution in [0.1, 0.15) is 38.3 Å². The molecule has 1 aromatic heterocycles. The maximum atomic E-state index is 13.1. The van der Waals surface area contributed by atoms with E-state index in [1.54, 1.807) is 12.1 Å². The molecule has 0 aliphatic heterocycles. The lowest BCUT2D eigenvalue weighted by atomic mass is 10.1. The summed E-state index contributed by atoms with van der Waals surface area (Å²) in [5.41, 5.74) is 1.94. The highest BCUT2D eigenvalue weighted by atomic mass is 32.2. The summed E-state index contributed by atoms with van der Waals surface area (Å²) < 4.78 is 20.9. The van der Waals surface area contributed by atoms with E-state index in [1.165, 1.54) is 23.9 Å². The molecule has 2 aromatic carbocycles. The largest absolute Gasteiger partial charge is 0.483 e. The minimum absolute atomic E-state index is 0.0938. The number of anilines is 1. The van der Waals surface area contributed by atoms with Crippen molar-refractivity contribution in [1.29, 1.82) is 0 Å². The number of rotatable bonds is 9. The maximum absolute atomic E-state index is 13.1. The molecule has 0 fully saturated rings. The van der Waals surface area contributed by atoms with Crippen LogP contribution in [0.15, 0.2) is 53.7 Å². The second kappa shape index (κ2) is 10.2. The molecular formula is C22H25FN4O2S. The average Bonchev–Trinajstić information content (AvgIpc) is 3.17. The quantitative estimate of drug-likeness (QED) is 0.493. The number of ether oxygens (including phenoxy) is 1. The Morgan fingerprint density at radius 3 is 2.60 bits per heavy atom. The van der Waals surface area contributed by atoms with Crippen molar-refractivity contribution >= 4 is 23.4 Å². The number of aromatic nitrogens is 3. The van der Waals surface area contributed by atoms with Crippen LogP contribution in [0.5, 0.6) is 5.75 Å². The van der Waals surface area contributed by atoms with Crippen LogP contribution in [-0.4, -0.2) is 26.4 Å². The zero-order chi connectivity index (χ0) is 21.5. The van der Waals surface area contributed by atoms with Crippen LogP contribution in [0.25, 0.3) is 0 Å². The van der Waals surface area contributed by atoms with Crippen LogP contribution < -0.4 is 10.1 Å². The van der Waals surface area contributed by atoms with Crippen molar-refractivity contribution in [2.45, 2.75) is 45.0 Å². The molecule has 30 heavy (non-hydrogen) atoms. The first-order chi connectivity index (χ1) is 14.5. The van der Waals surface area contributed by atoms with Gasteiger partial charge >= 0.3 is 0 Å². The molecule has 1 unspecified atom stereocenters. The third-order valence-corrected chi connectivity index (χ3v) is 5.52. The van der Waals surface area contributed by atoms with Gasteiger partial charge in [-0.15, -0.1) is 10.2 Å². The second-order valence-electron chi connectivity index (χ2n) is 6.65. The Hall–Kier alpha value is -2.87. The van der Waals surface area contributed by atoms with Crippen molar-refractivity contribution in [2.24, 2.45) is 0 Å². The van der Waals surface area contributed by atoms with Crippen molar-refractivity contribution in [2.75, 3.05) is 11.1 Å². The van der Waals surface area contributed by atoms with Crippen LogP contribution >= 0.6 is 11.8 Å². The van der Waals surface area contributed by atoms with Gasteiger partial charge in [0.05, 0.1) is 5.75 Å². The lowest BCUT2D eigenvalue weighted by Gasteiger charge is -2.15. The number of para-hydroxylation sites is 1. The van der Waals surface area contributed by atoms with E-state index in [2.05, 4.69) is 22.4 Å². The third-order valence-electron chi connectivity index (χ3n) is 4.56. The minimum Gasteiger partial charge on any atom is -0.483 e. The summed E-state index contributed by atoms with van der Waals surface area (Å²) in [6.45, 7) is 6.55. The smallest absolute Gasteiger partial charge is 0.234 e. The molecule has 0 bridgehead atoms. The molecule has 0 saturated heterocycles. The number of nitrogens with zero attached hydrogens (tertiary/aromatic N) is 3. The lowest BCUT2D eigenvalue weighted by molar-refractivity contribution is -0.113. The summed E-state index contributed by atoms with van der Waals surface area (Å²) in [5.74, 6) is 1.02. The summed E-state index contributed by atoms with van der Waals surface area (Å²) in [7, 11) is 0. The van der Waals surface area contributed by atoms with Gasteiger partial charge in [0.1, 0.15) is 11.6 Å². The van der Waals surface area contributed by atoms with Gasteiger partial charge in [-0.3, -0.25) is 4.79 Å². The number of halogens is 1. The van der Waals surface area contributed by atoms with E-state index in [4.69, 9.17) is 4.74 Å². The van der Waals surface area contributed by atoms with Gasteiger partial charge in [-0.2, -0.15) is 0 Å². The maximum Gasteiger partial charge on any atom is 0.234 e. The van der Waals surface area contributed by atoms with Crippen LogP contribution in [0.3, 0.4) is 0 Å². The van der Waals surface area contributed by atoms with E-state index in [-0.39, 0.29) is 23.6 Å². The number of carbonyl (C=O) groups is 1. The molecular weight excluding hydrogens is 403 g/mol. The summed E-state index contributed by atoms with van der Waals surface area (Å²) >= 11 is 1.33. The number of carbonyl (C=O) groups excluding carboxylic acids is 1. The normalized spacial score (nSPS) is 11.9. The number of hydrogen-bond acceptors (Lipinski definition) is 5. The molecule has 6 nitrogen and oxygen atoms in total. The molecule has 1 N–H and O–H groups in total. The predicted molar refractivity (Wildman–Crippen MR) is 116 cm³/mol. The first-order valence-electron chi connectivity index (χ1n) is 9.87. The van der Waals surface area contributed by atoms with Crippen molar-refractivity contribution < 1.29 is 13.9 Å². The van der Waals surface area contributed by atoms with Gasteiger partial charge in [0.2, 0.25) is 5.91 Å². The number of nitrogens with one attached hydrogen (secondary N) is 1. The standard InChI is InChI=1S/C22H25FN4O2S/c1-4-16-8-6-7-9-19(16)24-20(28)14-30-22-26-25-21(27(22)5-2)15(3)29-18-12-10-17(23)11-13-18/h6-13,15H,4-5,14H2,1-3H3,(H,24,28). The number of aryl methyl sites for hydroxylation is 1. The number of hydrogen-bond donors (Lipinski definition) is 1. The molecule has 1 atom stereocenters.